The summed E-state index contributed by atoms with van der Waals surface area (Å²) in [7, 11) is 0. The summed E-state index contributed by atoms with van der Waals surface area (Å²) in [6.07, 6.45) is -2.34. The van der Waals surface area contributed by atoms with E-state index in [9.17, 15) is 33.6 Å². The number of amides is 6. The van der Waals surface area contributed by atoms with Crippen LogP contribution in [0.2, 0.25) is 0 Å². The molecule has 6 N–H and O–H groups in total. The second kappa shape index (κ2) is 25.4. The van der Waals surface area contributed by atoms with Gasteiger partial charge in [0.1, 0.15) is 46.3 Å². The Labute approximate surface area is 282 Å². The van der Waals surface area contributed by atoms with E-state index in [-0.39, 0.29) is 72.2 Å². The van der Waals surface area contributed by atoms with Crippen molar-refractivity contribution in [2.24, 2.45) is 15.8 Å². The summed E-state index contributed by atoms with van der Waals surface area (Å²) in [6.45, 7) is 3.89. The molecule has 0 rings (SSSR count). The van der Waals surface area contributed by atoms with Gasteiger partial charge >= 0.3 is 36.6 Å². The molecule has 49 heavy (non-hydrogen) atoms. The second-order valence-corrected chi connectivity index (χ2v) is 9.90. The maximum atomic E-state index is 12.4. The first-order valence-electron chi connectivity index (χ1n) is 14.9. The summed E-state index contributed by atoms with van der Waals surface area (Å²) in [5, 5.41) is 22.2. The number of hydrogen-bond donors (Lipinski definition) is 6. The quantitative estimate of drug-likeness (QED) is 0.0228. The highest BCUT2D eigenvalue weighted by Crippen LogP contribution is 2.25. The van der Waals surface area contributed by atoms with Crippen LogP contribution in [-0.4, -0.2) is 115 Å². The number of carbonyl (C=O) groups is 6. The van der Waals surface area contributed by atoms with E-state index < -0.39 is 60.8 Å². The van der Waals surface area contributed by atoms with Gasteiger partial charge in [0.05, 0.1) is 17.5 Å². The van der Waals surface area contributed by atoms with Gasteiger partial charge in [-0.1, -0.05) is 13.8 Å². The van der Waals surface area contributed by atoms with Gasteiger partial charge in [-0.25, -0.2) is 33.6 Å². The highest BCUT2D eigenvalue weighted by atomic mass is 16.6. The van der Waals surface area contributed by atoms with Crippen LogP contribution in [0.1, 0.15) is 40.5 Å². The molecule has 0 aromatic carbocycles. The Morgan fingerprint density at radius 3 is 1.24 bits per heavy atom. The van der Waals surface area contributed by atoms with Gasteiger partial charge in [-0.2, -0.15) is 10.3 Å². The highest BCUT2D eigenvalue weighted by Gasteiger charge is 2.35. The molecule has 0 spiro atoms. The number of alkyl carbamates (subject to hydrolysis) is 6. The molecule has 0 aliphatic carbocycles. The van der Waals surface area contributed by atoms with Gasteiger partial charge in [0.15, 0.2) is 6.73 Å². The molecule has 2 unspecified atom stereocenters. The van der Waals surface area contributed by atoms with E-state index in [1.807, 2.05) is 0 Å². The molecule has 2 atom stereocenters. The molecule has 0 fully saturated rings. The van der Waals surface area contributed by atoms with Gasteiger partial charge in [0.25, 0.3) is 6.26 Å². The van der Waals surface area contributed by atoms with Gasteiger partial charge in [-0.15, -0.1) is 0 Å². The Hall–Kier alpha value is -5.71. The molecule has 0 saturated carbocycles. The first kappa shape index (κ1) is 43.3. The van der Waals surface area contributed by atoms with Crippen LogP contribution in [-0.2, 0) is 38.0 Å². The SMILES string of the molecule is CCNC(=O)OCC(CC)(COC(=O)NCN=C=O)COC(=O)NCNC(=O)OCC(CC)(COC(=O)NCC)COC(=O)NCOC#N. The predicted octanol–water partition coefficient (Wildman–Crippen LogP) is 0.882. The van der Waals surface area contributed by atoms with Crippen molar-refractivity contribution in [1.82, 2.24) is 31.9 Å². The fourth-order valence-electron chi connectivity index (χ4n) is 3.22. The Kier molecular flexibility index (Phi) is 22.4. The van der Waals surface area contributed by atoms with Crippen LogP contribution in [0.3, 0.4) is 0 Å². The molecule has 0 radical (unpaired) electrons. The zero-order valence-corrected chi connectivity index (χ0v) is 27.8. The van der Waals surface area contributed by atoms with Crippen LogP contribution < -0.4 is 31.9 Å². The fraction of sp³-hybridized carbons (Fsp3) is 0.704. The fourth-order valence-corrected chi connectivity index (χ4v) is 3.22. The second-order valence-electron chi connectivity index (χ2n) is 9.90. The molecular weight excluding hydrogens is 660 g/mol. The lowest BCUT2D eigenvalue weighted by atomic mass is 9.88. The molecule has 6 amide bonds. The molecule has 0 aliphatic heterocycles. The zero-order chi connectivity index (χ0) is 37.0. The van der Waals surface area contributed by atoms with Crippen LogP contribution >= 0.6 is 0 Å². The number of nitriles is 1. The van der Waals surface area contributed by atoms with E-state index in [0.717, 1.165) is 0 Å². The minimum Gasteiger partial charge on any atom is -0.449 e. The molecule has 22 nitrogen and oxygen atoms in total. The van der Waals surface area contributed by atoms with Crippen LogP contribution in [0, 0.1) is 22.3 Å². The van der Waals surface area contributed by atoms with Crippen molar-refractivity contribution >= 4 is 42.6 Å². The molecule has 0 aliphatic rings. The molecule has 0 saturated heterocycles. The van der Waals surface area contributed by atoms with E-state index in [1.54, 1.807) is 27.7 Å². The van der Waals surface area contributed by atoms with E-state index in [2.05, 4.69) is 41.6 Å². The number of aliphatic imine (C=N–C) groups is 1. The predicted molar refractivity (Wildman–Crippen MR) is 163 cm³/mol. The lowest BCUT2D eigenvalue weighted by Gasteiger charge is -2.31. The van der Waals surface area contributed by atoms with Crippen molar-refractivity contribution in [3.8, 4) is 6.26 Å². The molecule has 0 bridgehead atoms. The number of ether oxygens (including phenoxy) is 7. The van der Waals surface area contributed by atoms with E-state index >= 15 is 0 Å². The summed E-state index contributed by atoms with van der Waals surface area (Å²) in [6, 6.07) is 0. The number of hydrogen-bond acceptors (Lipinski definition) is 16. The van der Waals surface area contributed by atoms with Gasteiger partial charge in [-0.3, -0.25) is 5.32 Å². The summed E-state index contributed by atoms with van der Waals surface area (Å²) in [5.74, 6) is 0. The molecule has 0 aromatic heterocycles. The third-order valence-electron chi connectivity index (χ3n) is 6.38. The minimum absolute atomic E-state index is 0.214. The van der Waals surface area contributed by atoms with E-state index in [4.69, 9.17) is 33.7 Å². The monoisotopic (exact) mass is 704 g/mol. The number of nitrogens with one attached hydrogen (secondary N) is 6. The maximum absolute atomic E-state index is 12.4. The smallest absolute Gasteiger partial charge is 0.409 e. The van der Waals surface area contributed by atoms with Crippen molar-refractivity contribution in [1.29, 1.82) is 5.26 Å². The van der Waals surface area contributed by atoms with E-state index in [1.165, 1.54) is 12.3 Å². The van der Waals surface area contributed by atoms with Crippen LogP contribution in [0.25, 0.3) is 0 Å². The van der Waals surface area contributed by atoms with Crippen molar-refractivity contribution in [3.63, 3.8) is 0 Å². The average Bonchev–Trinajstić information content (AvgIpc) is 3.08. The minimum atomic E-state index is -1.18. The van der Waals surface area contributed by atoms with Crippen molar-refractivity contribution < 1.29 is 66.7 Å². The van der Waals surface area contributed by atoms with Crippen LogP contribution in [0.4, 0.5) is 28.8 Å². The maximum Gasteiger partial charge on any atom is 0.409 e. The van der Waals surface area contributed by atoms with Gasteiger partial charge in [-0.05, 0) is 26.7 Å². The van der Waals surface area contributed by atoms with Crippen molar-refractivity contribution in [2.45, 2.75) is 40.5 Å². The van der Waals surface area contributed by atoms with Crippen molar-refractivity contribution in [2.75, 3.05) is 72.8 Å². The summed E-state index contributed by atoms with van der Waals surface area (Å²) >= 11 is 0. The lowest BCUT2D eigenvalue weighted by Crippen LogP contribution is -2.45. The first-order valence-corrected chi connectivity index (χ1v) is 14.9. The average molecular weight is 705 g/mol. The van der Waals surface area contributed by atoms with Gasteiger partial charge < -0.3 is 59.7 Å². The number of isocyanates is 1. The Morgan fingerprint density at radius 2 is 0.918 bits per heavy atom. The first-order chi connectivity index (χ1) is 23.4. The summed E-state index contributed by atoms with van der Waals surface area (Å²) < 4.78 is 35.4. The normalized spacial score (nSPS) is 12.3. The molecule has 0 aromatic rings. The Morgan fingerprint density at radius 1 is 0.571 bits per heavy atom. The standard InChI is InChI=1S/C27H44N8O14/c1-5-26(9-44-20(37)30-7-3,11-46-22(39)32-16-29-18-36)12-47-23(40)33-17-34-24(41)48-13-27(6-2,10-45-21(38)31-8-4)14-49-25(42)35-19-43-15-28/h5-14,16-17,19H2,1-4H3,(H,30,37)(H,31,38)(H,32,39)(H,33,40)(H,34,41)(H,35,42). The van der Waals surface area contributed by atoms with Gasteiger partial charge in [0, 0.05) is 13.1 Å². The topological polar surface area (TPSA) is 292 Å². The number of nitrogens with zero attached hydrogens (tertiary/aromatic N) is 2. The lowest BCUT2D eigenvalue weighted by molar-refractivity contribution is -0.0185. The van der Waals surface area contributed by atoms with Gasteiger partial charge in [0.2, 0.25) is 6.08 Å². The molecule has 0 heterocycles. The highest BCUT2D eigenvalue weighted by molar-refractivity contribution is 5.70. The molecular formula is C27H44N8O14. The Bertz CT molecular complexity index is 1160. The molecule has 276 valence electrons. The molecule has 22 heteroatoms. The van der Waals surface area contributed by atoms with Crippen molar-refractivity contribution in [3.05, 3.63) is 0 Å². The third kappa shape index (κ3) is 20.2. The van der Waals surface area contributed by atoms with E-state index in [0.29, 0.717) is 0 Å². The van der Waals surface area contributed by atoms with Crippen LogP contribution in [0.15, 0.2) is 4.99 Å². The number of rotatable bonds is 22. The third-order valence-corrected chi connectivity index (χ3v) is 6.38. The summed E-state index contributed by atoms with van der Waals surface area (Å²) in [4.78, 5) is 85.7. The Balaban J connectivity index is 5.17. The zero-order valence-electron chi connectivity index (χ0n) is 27.8. The van der Waals surface area contributed by atoms with Crippen LogP contribution in [0.5, 0.6) is 0 Å². The summed E-state index contributed by atoms with van der Waals surface area (Å²) in [5.41, 5.74) is -2.36. The largest absolute Gasteiger partial charge is 0.449 e. The number of carbonyl (C=O) groups excluding carboxylic acids is 7.